The normalized spacial score (nSPS) is 17.4. The number of ether oxygens (including phenoxy) is 8. The Morgan fingerprint density at radius 2 is 0.458 bits per heavy atom. The molecule has 0 bridgehead atoms. The summed E-state index contributed by atoms with van der Waals surface area (Å²) >= 11 is 0. The minimum Gasteiger partial charge on any atom is -0.418 e. The summed E-state index contributed by atoms with van der Waals surface area (Å²) in [6.45, 7) is 10.9. The van der Waals surface area contributed by atoms with Gasteiger partial charge in [-0.3, -0.25) is 0 Å². The van der Waals surface area contributed by atoms with Crippen molar-refractivity contribution in [2.45, 2.75) is 13.1 Å². The molecule has 1 aliphatic rings. The van der Waals surface area contributed by atoms with Crippen LogP contribution in [0.25, 0.3) is 0 Å². The van der Waals surface area contributed by atoms with Crippen molar-refractivity contribution in [2.75, 3.05) is 106 Å². The van der Waals surface area contributed by atoms with Crippen LogP contribution in [0.15, 0.2) is 61.2 Å². The van der Waals surface area contributed by atoms with Crippen LogP contribution in [-0.4, -0.2) is 120 Å². The van der Waals surface area contributed by atoms with E-state index in [1.807, 2.05) is 12.1 Å². The lowest BCUT2D eigenvalue weighted by molar-refractivity contribution is -0.778. The zero-order valence-electron chi connectivity index (χ0n) is 26.8. The molecule has 0 amide bonds. The summed E-state index contributed by atoms with van der Waals surface area (Å²) in [4.78, 5) is 0. The van der Waals surface area contributed by atoms with Gasteiger partial charge in [0, 0.05) is 24.3 Å². The number of nitrogens with zero attached hydrogens (tertiary/aromatic N) is 2. The smallest absolute Gasteiger partial charge is 0.418 e. The first-order valence-electron chi connectivity index (χ1n) is 15.2. The average molecular weight is 712 g/mol. The van der Waals surface area contributed by atoms with Gasteiger partial charge < -0.3 is 72.4 Å². The molecule has 48 heavy (non-hydrogen) atoms. The summed E-state index contributed by atoms with van der Waals surface area (Å²) in [5.41, 5.74) is 0. The second kappa shape index (κ2) is 31.8. The van der Waals surface area contributed by atoms with Gasteiger partial charge in [0.15, 0.2) is 24.8 Å². The van der Waals surface area contributed by atoms with E-state index >= 15 is 0 Å². The maximum atomic E-state index is 9.75. The van der Waals surface area contributed by atoms with E-state index in [0.29, 0.717) is 106 Å². The van der Waals surface area contributed by atoms with Crippen LogP contribution in [0, 0.1) is 0 Å². The molecule has 0 spiro atoms. The molecule has 0 radical (unpaired) electrons. The highest BCUT2D eigenvalue weighted by Crippen LogP contribution is 2.07. The maximum absolute atomic E-state index is 9.75. The molecule has 20 heteroatoms. The highest BCUT2D eigenvalue weighted by molar-refractivity contribution is 6.50. The Morgan fingerprint density at radius 3 is 0.604 bits per heavy atom. The molecule has 1 saturated heterocycles. The van der Waals surface area contributed by atoms with Gasteiger partial charge in [-0.25, -0.2) is 0 Å². The lowest BCUT2D eigenvalue weighted by Crippen LogP contribution is -2.43. The minimum absolute atomic E-state index is 0.556. The largest absolute Gasteiger partial charge is 0.673 e. The molecule has 1 aliphatic heterocycles. The molecule has 3 heterocycles. The number of aromatic nitrogens is 2. The Kier molecular flexibility index (Phi) is 30.2. The van der Waals surface area contributed by atoms with E-state index in [1.165, 1.54) is 0 Å². The van der Waals surface area contributed by atoms with Gasteiger partial charge in [-0.15, -0.1) is 0 Å². The van der Waals surface area contributed by atoms with Crippen molar-refractivity contribution < 1.29 is 81.6 Å². The van der Waals surface area contributed by atoms with Gasteiger partial charge in [0.2, 0.25) is 13.1 Å². The summed E-state index contributed by atoms with van der Waals surface area (Å²) < 4.78 is 125. The van der Waals surface area contributed by atoms with E-state index in [1.54, 1.807) is 0 Å². The van der Waals surface area contributed by atoms with Crippen molar-refractivity contribution in [2.24, 2.45) is 0 Å². The van der Waals surface area contributed by atoms with Gasteiger partial charge in [0.25, 0.3) is 0 Å². The second-order valence-corrected chi connectivity index (χ2v) is 9.12. The highest BCUT2D eigenvalue weighted by atomic mass is 19.5. The first kappa shape index (κ1) is 45.5. The van der Waals surface area contributed by atoms with E-state index in [4.69, 9.17) is 37.9 Å². The van der Waals surface area contributed by atoms with Crippen LogP contribution in [0.5, 0.6) is 0 Å². The Bertz CT molecular complexity index is 774. The lowest BCUT2D eigenvalue weighted by atomic mass is 10.3. The van der Waals surface area contributed by atoms with Crippen LogP contribution in [0.3, 0.4) is 0 Å². The van der Waals surface area contributed by atoms with Gasteiger partial charge in [-0.2, -0.15) is 9.13 Å². The zero-order chi connectivity index (χ0) is 35.6. The number of rotatable bonds is 3. The van der Waals surface area contributed by atoms with Crippen LogP contribution >= 0.6 is 0 Å². The first-order chi connectivity index (χ1) is 22.9. The average Bonchev–Trinajstić information content (AvgIpc) is 3.02. The fourth-order valence-electron chi connectivity index (χ4n) is 3.16. The van der Waals surface area contributed by atoms with Gasteiger partial charge in [0.1, 0.15) is 0 Å². The van der Waals surface area contributed by atoms with Crippen molar-refractivity contribution in [3.8, 4) is 0 Å². The van der Waals surface area contributed by atoms with Gasteiger partial charge in [-0.05, 0) is 0 Å². The summed E-state index contributed by atoms with van der Waals surface area (Å²) in [6, 6.07) is 12.3. The van der Waals surface area contributed by atoms with Crippen LogP contribution in [0.2, 0.25) is 0 Å². The zero-order valence-corrected chi connectivity index (χ0v) is 26.8. The monoisotopic (exact) mass is 712 g/mol. The molecule has 0 saturated carbocycles. The predicted octanol–water partition coefficient (Wildman–Crippen LogP) is 3.69. The third kappa shape index (κ3) is 43.5. The number of pyridine rings is 2. The summed E-state index contributed by atoms with van der Waals surface area (Å²) in [6.07, 6.45) is 8.35. The van der Waals surface area contributed by atoms with Gasteiger partial charge in [0.05, 0.1) is 106 Å². The van der Waals surface area contributed by atoms with Crippen LogP contribution in [0.1, 0.15) is 0 Å². The van der Waals surface area contributed by atoms with Gasteiger partial charge >= 0.3 is 14.5 Å². The van der Waals surface area contributed by atoms with E-state index in [-0.39, 0.29) is 0 Å². The van der Waals surface area contributed by atoms with E-state index in [2.05, 4.69) is 58.2 Å². The second-order valence-electron chi connectivity index (χ2n) is 9.12. The van der Waals surface area contributed by atoms with Crippen molar-refractivity contribution in [3.05, 3.63) is 61.2 Å². The van der Waals surface area contributed by atoms with Crippen LogP contribution in [0.4, 0.5) is 34.5 Å². The Labute approximate surface area is 276 Å². The molecule has 0 unspecified atom stereocenters. The Balaban J connectivity index is 0.000000765. The molecule has 0 N–H and O–H groups in total. The summed E-state index contributed by atoms with van der Waals surface area (Å²) in [7, 11) is -12.0. The van der Waals surface area contributed by atoms with E-state index < -0.39 is 14.5 Å². The molecule has 10 nitrogen and oxygen atoms in total. The number of hydrogen-bond donors (Lipinski definition) is 0. The van der Waals surface area contributed by atoms with Crippen molar-refractivity contribution in [3.63, 3.8) is 0 Å². The quantitative estimate of drug-likeness (QED) is 0.271. The number of halogens is 8. The van der Waals surface area contributed by atoms with Crippen molar-refractivity contribution in [1.82, 2.24) is 0 Å². The molecular formula is C28H46B2F8N2O8. The maximum Gasteiger partial charge on any atom is 0.673 e. The minimum atomic E-state index is -6.00. The molecule has 0 aliphatic carbocycles. The fraction of sp³-hybridized carbons (Fsp3) is 0.643. The third-order valence-corrected chi connectivity index (χ3v) is 5.15. The fourth-order valence-corrected chi connectivity index (χ4v) is 3.16. The topological polar surface area (TPSA) is 81.6 Å². The summed E-state index contributed by atoms with van der Waals surface area (Å²) in [5, 5.41) is 0. The van der Waals surface area contributed by atoms with E-state index in [9.17, 15) is 34.5 Å². The predicted molar refractivity (Wildman–Crippen MR) is 160 cm³/mol. The SMILES string of the molecule is C1COCCOCCOCCOCCOCCOCCOCCO1.F[B-](F)(F)F.F[B-](F)(F)F.c1cc[n+](CC[n+]2ccccc2)cc1. The molecule has 0 atom stereocenters. The van der Waals surface area contributed by atoms with Gasteiger partial charge in [-0.1, -0.05) is 12.1 Å². The molecular weight excluding hydrogens is 666 g/mol. The lowest BCUT2D eigenvalue weighted by Gasteiger charge is -2.09. The molecule has 2 aromatic heterocycles. The molecule has 278 valence electrons. The molecule has 1 fully saturated rings. The first-order valence-corrected chi connectivity index (χ1v) is 15.2. The molecule has 3 rings (SSSR count). The molecule has 2 aromatic rings. The van der Waals surface area contributed by atoms with E-state index in [0.717, 1.165) is 13.1 Å². The number of aryl methyl sites for hydroxylation is 2. The Hall–Kier alpha value is -2.45. The van der Waals surface area contributed by atoms with Crippen LogP contribution in [-0.2, 0) is 51.0 Å². The Morgan fingerprint density at radius 1 is 0.312 bits per heavy atom. The third-order valence-electron chi connectivity index (χ3n) is 5.15. The van der Waals surface area contributed by atoms with Crippen LogP contribution < -0.4 is 9.13 Å². The standard InChI is InChI=1S/C16H32O8.C12H14N2.2BF4/c1-2-18-5-6-20-9-10-22-13-14-24-16-15-23-12-11-21-8-7-19-4-3-17-1;1-3-7-13(8-4-1)11-12-14-9-5-2-6-10-14;2*2-1(3,4)5/h1-16H2;1-10H,11-12H2;;/q;+2;2*-1. The highest BCUT2D eigenvalue weighted by Gasteiger charge is 2.21. The molecule has 0 aromatic carbocycles. The van der Waals surface area contributed by atoms with Crippen molar-refractivity contribution >= 4 is 14.5 Å². The number of hydrogen-bond acceptors (Lipinski definition) is 8. The summed E-state index contributed by atoms with van der Waals surface area (Å²) in [5.74, 6) is 0. The van der Waals surface area contributed by atoms with Crippen molar-refractivity contribution in [1.29, 1.82) is 0 Å².